The molecule has 1 N–H and O–H groups in total. The first-order valence-electron chi connectivity index (χ1n) is 7.21. The lowest BCUT2D eigenvalue weighted by Gasteiger charge is -2.05. The zero-order valence-electron chi connectivity index (χ0n) is 12.8. The average Bonchev–Trinajstić information content (AvgIpc) is 2.56. The number of amides is 1. The van der Waals surface area contributed by atoms with Crippen molar-refractivity contribution in [2.24, 2.45) is 0 Å². The number of nitrogens with one attached hydrogen (secondary N) is 1. The summed E-state index contributed by atoms with van der Waals surface area (Å²) in [4.78, 5) is 15.6. The van der Waals surface area contributed by atoms with E-state index in [4.69, 9.17) is 16.3 Å². The highest BCUT2D eigenvalue weighted by Gasteiger charge is 2.01. The lowest BCUT2D eigenvalue weighted by molar-refractivity contribution is 0.140. The molecule has 1 aromatic carbocycles. The van der Waals surface area contributed by atoms with Crippen LogP contribution >= 0.6 is 11.6 Å². The van der Waals surface area contributed by atoms with Gasteiger partial charge in [0, 0.05) is 19.2 Å². The maximum Gasteiger partial charge on any atom is 0.407 e. The Morgan fingerprint density at radius 2 is 2.13 bits per heavy atom. The SMILES string of the molecule is Cc1cnc(Cl)c(C#CCCNC(=O)OCc2ccccc2)c1. The molecule has 0 spiro atoms. The number of hydrogen-bond donors (Lipinski definition) is 1. The van der Waals surface area contributed by atoms with Crippen LogP contribution in [-0.2, 0) is 11.3 Å². The number of carbonyl (C=O) groups is 1. The number of carbonyl (C=O) groups excluding carboxylic acids is 1. The molecule has 0 aliphatic rings. The summed E-state index contributed by atoms with van der Waals surface area (Å²) in [5, 5.41) is 3.04. The summed E-state index contributed by atoms with van der Waals surface area (Å²) in [6.07, 6.45) is 1.74. The Balaban J connectivity index is 1.70. The molecule has 1 amide bonds. The summed E-state index contributed by atoms with van der Waals surface area (Å²) in [5.74, 6) is 5.90. The van der Waals surface area contributed by atoms with Gasteiger partial charge in [0.05, 0.1) is 5.56 Å². The van der Waals surface area contributed by atoms with Gasteiger partial charge in [-0.3, -0.25) is 0 Å². The largest absolute Gasteiger partial charge is 0.445 e. The minimum Gasteiger partial charge on any atom is -0.445 e. The number of benzene rings is 1. The maximum atomic E-state index is 11.5. The number of ether oxygens (including phenoxy) is 1. The van der Waals surface area contributed by atoms with E-state index >= 15 is 0 Å². The van der Waals surface area contributed by atoms with Gasteiger partial charge >= 0.3 is 6.09 Å². The molecule has 0 unspecified atom stereocenters. The quantitative estimate of drug-likeness (QED) is 0.529. The van der Waals surface area contributed by atoms with E-state index in [1.54, 1.807) is 6.20 Å². The fourth-order valence-corrected chi connectivity index (χ4v) is 1.95. The van der Waals surface area contributed by atoms with Crippen molar-refractivity contribution in [1.82, 2.24) is 10.3 Å². The predicted molar refractivity (Wildman–Crippen MR) is 90.1 cm³/mol. The molecule has 0 radical (unpaired) electrons. The topological polar surface area (TPSA) is 51.2 Å². The van der Waals surface area contributed by atoms with Crippen molar-refractivity contribution in [3.63, 3.8) is 0 Å². The van der Waals surface area contributed by atoms with Crippen LogP contribution in [0, 0.1) is 18.8 Å². The molecule has 1 heterocycles. The van der Waals surface area contributed by atoms with Gasteiger partial charge in [-0.05, 0) is 24.1 Å². The van der Waals surface area contributed by atoms with Crippen LogP contribution < -0.4 is 5.32 Å². The number of pyridine rings is 1. The Hall–Kier alpha value is -2.51. The van der Waals surface area contributed by atoms with Gasteiger partial charge in [0.2, 0.25) is 0 Å². The normalized spacial score (nSPS) is 9.65. The molecule has 0 bridgehead atoms. The Kier molecular flexibility index (Phi) is 6.46. The van der Waals surface area contributed by atoms with Crippen LogP contribution in [0.1, 0.15) is 23.1 Å². The van der Waals surface area contributed by atoms with Gasteiger partial charge in [0.25, 0.3) is 0 Å². The maximum absolute atomic E-state index is 11.5. The molecule has 0 saturated carbocycles. The zero-order valence-corrected chi connectivity index (χ0v) is 13.6. The Morgan fingerprint density at radius 3 is 2.91 bits per heavy atom. The second kappa shape index (κ2) is 8.82. The number of halogens is 1. The lowest BCUT2D eigenvalue weighted by Crippen LogP contribution is -2.24. The van der Waals surface area contributed by atoms with E-state index in [2.05, 4.69) is 22.1 Å². The van der Waals surface area contributed by atoms with Crippen LogP contribution in [-0.4, -0.2) is 17.6 Å². The minimum atomic E-state index is -0.453. The fraction of sp³-hybridized carbons (Fsp3) is 0.222. The second-order valence-electron chi connectivity index (χ2n) is 4.89. The highest BCUT2D eigenvalue weighted by molar-refractivity contribution is 6.30. The van der Waals surface area contributed by atoms with Crippen molar-refractivity contribution >= 4 is 17.7 Å². The van der Waals surface area contributed by atoms with E-state index < -0.39 is 6.09 Å². The second-order valence-corrected chi connectivity index (χ2v) is 5.25. The number of aromatic nitrogens is 1. The van der Waals surface area contributed by atoms with Crippen LogP contribution in [0.3, 0.4) is 0 Å². The Bertz CT molecular complexity index is 721. The first-order valence-corrected chi connectivity index (χ1v) is 7.58. The van der Waals surface area contributed by atoms with Gasteiger partial charge in [-0.2, -0.15) is 0 Å². The summed E-state index contributed by atoms with van der Waals surface area (Å²) >= 11 is 5.96. The zero-order chi connectivity index (χ0) is 16.5. The molecule has 0 aliphatic heterocycles. The molecule has 0 fully saturated rings. The third-order valence-corrected chi connectivity index (χ3v) is 3.23. The van der Waals surface area contributed by atoms with Crippen molar-refractivity contribution in [1.29, 1.82) is 0 Å². The molecule has 0 saturated heterocycles. The molecule has 23 heavy (non-hydrogen) atoms. The number of hydrogen-bond acceptors (Lipinski definition) is 3. The monoisotopic (exact) mass is 328 g/mol. The van der Waals surface area contributed by atoms with Gasteiger partial charge < -0.3 is 10.1 Å². The molecule has 118 valence electrons. The smallest absolute Gasteiger partial charge is 0.407 e. The van der Waals surface area contributed by atoms with E-state index in [1.165, 1.54) is 0 Å². The number of alkyl carbamates (subject to hydrolysis) is 1. The molecule has 0 aliphatic carbocycles. The number of rotatable bonds is 4. The van der Waals surface area contributed by atoms with Crippen molar-refractivity contribution < 1.29 is 9.53 Å². The third-order valence-electron chi connectivity index (χ3n) is 2.93. The highest BCUT2D eigenvalue weighted by Crippen LogP contribution is 2.12. The Labute approximate surface area is 140 Å². The number of nitrogens with zero attached hydrogens (tertiary/aromatic N) is 1. The first-order chi connectivity index (χ1) is 11.1. The van der Waals surface area contributed by atoms with Gasteiger partial charge in [-0.25, -0.2) is 9.78 Å². The van der Waals surface area contributed by atoms with E-state index in [-0.39, 0.29) is 6.61 Å². The van der Waals surface area contributed by atoms with Crippen LogP contribution in [0.5, 0.6) is 0 Å². The Morgan fingerprint density at radius 1 is 1.35 bits per heavy atom. The van der Waals surface area contributed by atoms with E-state index in [1.807, 2.05) is 43.3 Å². The van der Waals surface area contributed by atoms with E-state index in [0.29, 0.717) is 23.7 Å². The van der Waals surface area contributed by atoms with Gasteiger partial charge in [-0.15, -0.1) is 0 Å². The predicted octanol–water partition coefficient (Wildman–Crippen LogP) is 3.71. The van der Waals surface area contributed by atoms with E-state index in [9.17, 15) is 4.79 Å². The summed E-state index contributed by atoms with van der Waals surface area (Å²) in [6, 6.07) is 11.4. The standard InChI is InChI=1S/C18H17ClN2O2/c1-14-11-16(17(19)21-12-14)9-5-6-10-20-18(22)23-13-15-7-3-2-4-8-15/h2-4,7-8,11-12H,6,10,13H2,1H3,(H,20,22). The first kappa shape index (κ1) is 16.9. The van der Waals surface area contributed by atoms with Crippen molar-refractivity contribution in [3.8, 4) is 11.8 Å². The molecule has 4 nitrogen and oxygen atoms in total. The number of aryl methyl sites for hydroxylation is 1. The van der Waals surface area contributed by atoms with Crippen molar-refractivity contribution in [2.75, 3.05) is 6.54 Å². The van der Waals surface area contributed by atoms with Crippen molar-refractivity contribution in [2.45, 2.75) is 20.0 Å². The third kappa shape index (κ3) is 6.01. The molecular formula is C18H17ClN2O2. The molecule has 2 aromatic rings. The average molecular weight is 329 g/mol. The molecular weight excluding hydrogens is 312 g/mol. The van der Waals surface area contributed by atoms with Gasteiger partial charge in [0.15, 0.2) is 0 Å². The summed E-state index contributed by atoms with van der Waals surface area (Å²) in [5.41, 5.74) is 2.64. The molecule has 5 heteroatoms. The van der Waals surface area contributed by atoms with Crippen LogP contribution in [0.15, 0.2) is 42.6 Å². The molecule has 1 aromatic heterocycles. The minimum absolute atomic E-state index is 0.253. The lowest BCUT2D eigenvalue weighted by atomic mass is 10.2. The molecule has 0 atom stereocenters. The molecule has 2 rings (SSSR count). The summed E-state index contributed by atoms with van der Waals surface area (Å²) in [6.45, 7) is 2.60. The summed E-state index contributed by atoms with van der Waals surface area (Å²) in [7, 11) is 0. The van der Waals surface area contributed by atoms with Crippen LogP contribution in [0.25, 0.3) is 0 Å². The van der Waals surface area contributed by atoms with E-state index in [0.717, 1.165) is 11.1 Å². The van der Waals surface area contributed by atoms with Crippen LogP contribution in [0.2, 0.25) is 5.15 Å². The van der Waals surface area contributed by atoms with Gasteiger partial charge in [0.1, 0.15) is 11.8 Å². The van der Waals surface area contributed by atoms with Crippen LogP contribution in [0.4, 0.5) is 4.79 Å². The highest BCUT2D eigenvalue weighted by atomic mass is 35.5. The van der Waals surface area contributed by atoms with Gasteiger partial charge in [-0.1, -0.05) is 53.8 Å². The van der Waals surface area contributed by atoms with Crippen molar-refractivity contribution in [3.05, 3.63) is 64.4 Å². The summed E-state index contributed by atoms with van der Waals surface area (Å²) < 4.78 is 5.10. The fourth-order valence-electron chi connectivity index (χ4n) is 1.80.